The van der Waals surface area contributed by atoms with Crippen LogP contribution in [-0.2, 0) is 4.79 Å². The Kier molecular flexibility index (Phi) is 6.18. The molecule has 0 unspecified atom stereocenters. The van der Waals surface area contributed by atoms with Gasteiger partial charge in [0, 0.05) is 26.6 Å². The Bertz CT molecular complexity index is 1010. The number of methoxy groups -OCH3 is 1. The van der Waals surface area contributed by atoms with Gasteiger partial charge in [-0.15, -0.1) is 0 Å². The van der Waals surface area contributed by atoms with Crippen molar-refractivity contribution in [3.63, 3.8) is 0 Å². The molecule has 3 rings (SSSR count). The van der Waals surface area contributed by atoms with Crippen LogP contribution in [0.5, 0.6) is 11.5 Å². The smallest absolute Gasteiger partial charge is 0.277 e. The molecule has 0 aliphatic carbocycles. The fourth-order valence-electron chi connectivity index (χ4n) is 2.63. The van der Waals surface area contributed by atoms with Crippen molar-refractivity contribution in [3.8, 4) is 11.5 Å². The predicted molar refractivity (Wildman–Crippen MR) is 113 cm³/mol. The molecule has 0 atom stereocenters. The van der Waals surface area contributed by atoms with E-state index in [0.29, 0.717) is 16.0 Å². The minimum atomic E-state index is -0.374. The first-order valence-corrected chi connectivity index (χ1v) is 9.63. The number of fused-ring (bicyclic) bond motifs is 1. The van der Waals surface area contributed by atoms with Crippen LogP contribution < -0.4 is 14.9 Å². The van der Waals surface area contributed by atoms with E-state index in [4.69, 9.17) is 9.47 Å². The van der Waals surface area contributed by atoms with Crippen LogP contribution in [-0.4, -0.2) is 30.8 Å². The van der Waals surface area contributed by atoms with E-state index in [-0.39, 0.29) is 12.5 Å². The molecule has 1 heterocycles. The summed E-state index contributed by atoms with van der Waals surface area (Å²) in [5, 5.41) is 5.09. The maximum atomic E-state index is 12.0. The van der Waals surface area contributed by atoms with Gasteiger partial charge in [0.05, 0.1) is 17.8 Å². The summed E-state index contributed by atoms with van der Waals surface area (Å²) < 4.78 is 12.4. The van der Waals surface area contributed by atoms with E-state index in [0.717, 1.165) is 26.6 Å². The van der Waals surface area contributed by atoms with E-state index in [1.165, 1.54) is 7.11 Å². The molecule has 140 valence electrons. The standard InChI is InChI=1S/C19H17Br2N3O3/c1-11-14(13-5-3-4-6-16(13)23-11)9-22-24-18(25)10-27-19-15(21)7-12(20)8-17(19)26-2/h3-9,23H,10H2,1-2H3,(H,24,25). The molecule has 3 aromatic rings. The number of aromatic nitrogens is 1. The van der Waals surface area contributed by atoms with E-state index >= 15 is 0 Å². The van der Waals surface area contributed by atoms with Crippen LogP contribution in [0.15, 0.2) is 50.4 Å². The molecular formula is C19H17Br2N3O3. The number of hydrogen-bond acceptors (Lipinski definition) is 4. The van der Waals surface area contributed by atoms with Gasteiger partial charge in [-0.1, -0.05) is 34.1 Å². The third kappa shape index (κ3) is 4.51. The van der Waals surface area contributed by atoms with Gasteiger partial charge >= 0.3 is 0 Å². The number of ether oxygens (including phenoxy) is 2. The summed E-state index contributed by atoms with van der Waals surface area (Å²) in [5.41, 5.74) is 5.42. The first-order chi connectivity index (χ1) is 13.0. The molecule has 6 nitrogen and oxygen atoms in total. The van der Waals surface area contributed by atoms with E-state index in [1.54, 1.807) is 12.3 Å². The molecule has 0 saturated heterocycles. The first-order valence-electron chi connectivity index (χ1n) is 8.04. The second kappa shape index (κ2) is 8.58. The summed E-state index contributed by atoms with van der Waals surface area (Å²) in [5.74, 6) is 0.592. The molecule has 1 aromatic heterocycles. The van der Waals surface area contributed by atoms with Gasteiger partial charge in [0.25, 0.3) is 5.91 Å². The largest absolute Gasteiger partial charge is 0.493 e. The summed E-state index contributed by atoms with van der Waals surface area (Å²) in [4.78, 5) is 15.3. The quantitative estimate of drug-likeness (QED) is 0.390. The van der Waals surface area contributed by atoms with Crippen LogP contribution in [0.1, 0.15) is 11.3 Å². The lowest BCUT2D eigenvalue weighted by atomic mass is 10.1. The molecule has 1 amide bonds. The Labute approximate surface area is 173 Å². The number of rotatable bonds is 6. The lowest BCUT2D eigenvalue weighted by molar-refractivity contribution is -0.123. The van der Waals surface area contributed by atoms with Gasteiger partial charge in [0.15, 0.2) is 18.1 Å². The number of benzene rings is 2. The topological polar surface area (TPSA) is 75.7 Å². The number of halogens is 2. The van der Waals surface area contributed by atoms with Crippen molar-refractivity contribution in [1.29, 1.82) is 0 Å². The Morgan fingerprint density at radius 2 is 2.07 bits per heavy atom. The SMILES string of the molecule is COc1cc(Br)cc(Br)c1OCC(=O)NN=Cc1c(C)[nH]c2ccccc12. The summed E-state index contributed by atoms with van der Waals surface area (Å²) in [6.45, 7) is 1.77. The summed E-state index contributed by atoms with van der Waals surface area (Å²) >= 11 is 6.78. The number of H-pyrrole nitrogens is 1. The molecular weight excluding hydrogens is 478 g/mol. The van der Waals surface area contributed by atoms with Crippen molar-refractivity contribution < 1.29 is 14.3 Å². The molecule has 0 aliphatic heterocycles. The van der Waals surface area contributed by atoms with E-state index < -0.39 is 0 Å². The highest BCUT2D eigenvalue weighted by molar-refractivity contribution is 9.11. The number of amides is 1. The lowest BCUT2D eigenvalue weighted by Gasteiger charge is -2.12. The van der Waals surface area contributed by atoms with E-state index in [2.05, 4.69) is 47.4 Å². The number of hydrazone groups is 1. The van der Waals surface area contributed by atoms with Crippen LogP contribution in [0.4, 0.5) is 0 Å². The van der Waals surface area contributed by atoms with Crippen LogP contribution in [0.25, 0.3) is 10.9 Å². The maximum absolute atomic E-state index is 12.0. The number of nitrogens with zero attached hydrogens (tertiary/aromatic N) is 1. The van der Waals surface area contributed by atoms with E-state index in [9.17, 15) is 4.79 Å². The van der Waals surface area contributed by atoms with Gasteiger partial charge in [0.2, 0.25) is 0 Å². The maximum Gasteiger partial charge on any atom is 0.277 e. The van der Waals surface area contributed by atoms with Crippen molar-refractivity contribution in [2.45, 2.75) is 6.92 Å². The van der Waals surface area contributed by atoms with Crippen LogP contribution >= 0.6 is 31.9 Å². The average Bonchev–Trinajstić information content (AvgIpc) is 2.96. The van der Waals surface area contributed by atoms with Crippen LogP contribution in [0.2, 0.25) is 0 Å². The first kappa shape index (κ1) is 19.4. The zero-order valence-electron chi connectivity index (χ0n) is 14.7. The second-order valence-corrected chi connectivity index (χ2v) is 7.48. The fraction of sp³-hybridized carbons (Fsp3) is 0.158. The Hall–Kier alpha value is -2.32. The third-order valence-corrected chi connectivity index (χ3v) is 4.92. The molecule has 2 N–H and O–H groups in total. The number of aryl methyl sites for hydroxylation is 1. The van der Waals surface area contributed by atoms with Gasteiger partial charge in [-0.2, -0.15) is 5.10 Å². The Morgan fingerprint density at radius 1 is 1.30 bits per heavy atom. The van der Waals surface area contributed by atoms with Crippen molar-refractivity contribution >= 4 is 54.9 Å². The van der Waals surface area contributed by atoms with Gasteiger partial charge in [-0.05, 0) is 41.1 Å². The molecule has 2 aromatic carbocycles. The lowest BCUT2D eigenvalue weighted by Crippen LogP contribution is -2.24. The highest BCUT2D eigenvalue weighted by atomic mass is 79.9. The zero-order chi connectivity index (χ0) is 19.4. The molecule has 27 heavy (non-hydrogen) atoms. The highest BCUT2D eigenvalue weighted by Crippen LogP contribution is 2.38. The van der Waals surface area contributed by atoms with Crippen molar-refractivity contribution in [2.24, 2.45) is 5.10 Å². The van der Waals surface area contributed by atoms with E-state index in [1.807, 2.05) is 37.3 Å². The predicted octanol–water partition coefficient (Wildman–Crippen LogP) is 4.54. The second-order valence-electron chi connectivity index (χ2n) is 5.71. The number of nitrogens with one attached hydrogen (secondary N) is 2. The minimum absolute atomic E-state index is 0.194. The molecule has 0 radical (unpaired) electrons. The van der Waals surface area contributed by atoms with Crippen molar-refractivity contribution in [1.82, 2.24) is 10.4 Å². The highest BCUT2D eigenvalue weighted by Gasteiger charge is 2.13. The molecule has 0 aliphatic rings. The Balaban J connectivity index is 1.64. The van der Waals surface area contributed by atoms with Gasteiger partial charge in [-0.25, -0.2) is 5.43 Å². The monoisotopic (exact) mass is 493 g/mol. The Morgan fingerprint density at radius 3 is 2.85 bits per heavy atom. The van der Waals surface area contributed by atoms with Crippen molar-refractivity contribution in [2.75, 3.05) is 13.7 Å². The number of carbonyl (C=O) groups is 1. The molecule has 0 bridgehead atoms. The van der Waals surface area contributed by atoms with Crippen LogP contribution in [0.3, 0.4) is 0 Å². The van der Waals surface area contributed by atoms with Gasteiger partial charge in [0.1, 0.15) is 0 Å². The third-order valence-electron chi connectivity index (χ3n) is 3.87. The van der Waals surface area contributed by atoms with Gasteiger partial charge < -0.3 is 14.5 Å². The zero-order valence-corrected chi connectivity index (χ0v) is 17.8. The summed E-state index contributed by atoms with van der Waals surface area (Å²) in [6.07, 6.45) is 1.63. The normalized spacial score (nSPS) is 11.1. The minimum Gasteiger partial charge on any atom is -0.493 e. The van der Waals surface area contributed by atoms with Crippen molar-refractivity contribution in [3.05, 3.63) is 56.6 Å². The number of hydrogen-bond donors (Lipinski definition) is 2. The van der Waals surface area contributed by atoms with Gasteiger partial charge in [-0.3, -0.25) is 4.79 Å². The summed E-state index contributed by atoms with van der Waals surface area (Å²) in [6, 6.07) is 11.5. The van der Waals surface area contributed by atoms with Crippen LogP contribution in [0, 0.1) is 6.92 Å². The molecule has 0 saturated carbocycles. The molecule has 0 fully saturated rings. The number of aromatic amines is 1. The fourth-order valence-corrected chi connectivity index (χ4v) is 3.93. The molecule has 8 heteroatoms. The number of para-hydroxylation sites is 1. The molecule has 0 spiro atoms. The average molecular weight is 495 g/mol. The summed E-state index contributed by atoms with van der Waals surface area (Å²) in [7, 11) is 1.54. The number of carbonyl (C=O) groups excluding carboxylic acids is 1.